The van der Waals surface area contributed by atoms with Gasteiger partial charge in [-0.05, 0) is 50.5 Å². The Morgan fingerprint density at radius 2 is 1.90 bits per heavy atom. The Kier molecular flexibility index (Phi) is 4.92. The highest BCUT2D eigenvalue weighted by atomic mass is 16.3. The lowest BCUT2D eigenvalue weighted by atomic mass is 9.75. The van der Waals surface area contributed by atoms with Gasteiger partial charge < -0.3 is 15.3 Å². The van der Waals surface area contributed by atoms with E-state index in [1.165, 1.54) is 51.6 Å². The molecule has 0 aromatic carbocycles. The Morgan fingerprint density at radius 3 is 2.62 bits per heavy atom. The normalized spacial score (nSPS) is 41.4. The number of hydrogen-bond acceptors (Lipinski definition) is 3. The average molecular weight is 294 g/mol. The summed E-state index contributed by atoms with van der Waals surface area (Å²) in [7, 11) is 0. The third kappa shape index (κ3) is 3.46. The van der Waals surface area contributed by atoms with Crippen molar-refractivity contribution in [3.05, 3.63) is 0 Å². The Hall–Kier alpha value is -0.120. The summed E-state index contributed by atoms with van der Waals surface area (Å²) in [4.78, 5) is 2.77. The molecule has 3 nitrogen and oxygen atoms in total. The van der Waals surface area contributed by atoms with Crippen LogP contribution in [-0.4, -0.2) is 47.3 Å². The lowest BCUT2D eigenvalue weighted by Crippen LogP contribution is -2.52. The zero-order chi connectivity index (χ0) is 14.9. The summed E-state index contributed by atoms with van der Waals surface area (Å²) in [5.74, 6) is 1.99. The Balaban J connectivity index is 1.58. The highest BCUT2D eigenvalue weighted by Gasteiger charge is 2.43. The van der Waals surface area contributed by atoms with Crippen molar-refractivity contribution in [2.24, 2.45) is 11.8 Å². The number of piperidine rings is 1. The van der Waals surface area contributed by atoms with Crippen LogP contribution in [0, 0.1) is 11.8 Å². The molecule has 2 saturated carbocycles. The first-order chi connectivity index (χ1) is 10.1. The first-order valence-electron chi connectivity index (χ1n) is 9.24. The number of likely N-dealkylation sites (tertiary alicyclic amines) is 1. The molecule has 3 rings (SSSR count). The van der Waals surface area contributed by atoms with Gasteiger partial charge in [0.15, 0.2) is 0 Å². The second-order valence-corrected chi connectivity index (χ2v) is 8.22. The lowest BCUT2D eigenvalue weighted by Gasteiger charge is -2.44. The van der Waals surface area contributed by atoms with Crippen molar-refractivity contribution in [1.29, 1.82) is 0 Å². The molecule has 21 heavy (non-hydrogen) atoms. The maximum atomic E-state index is 9.89. The first kappa shape index (κ1) is 15.8. The van der Waals surface area contributed by atoms with E-state index in [0.29, 0.717) is 18.7 Å². The van der Waals surface area contributed by atoms with E-state index in [1.54, 1.807) is 0 Å². The monoisotopic (exact) mass is 294 g/mol. The smallest absolute Gasteiger partial charge is 0.0614 e. The Bertz CT molecular complexity index is 346. The number of rotatable bonds is 4. The van der Waals surface area contributed by atoms with Crippen molar-refractivity contribution in [3.8, 4) is 0 Å². The van der Waals surface area contributed by atoms with Crippen LogP contribution in [0.5, 0.6) is 0 Å². The number of fused-ring (bicyclic) bond motifs is 1. The van der Waals surface area contributed by atoms with Gasteiger partial charge in [-0.25, -0.2) is 0 Å². The minimum Gasteiger partial charge on any atom is -0.394 e. The second kappa shape index (κ2) is 6.55. The van der Waals surface area contributed by atoms with Gasteiger partial charge in [-0.15, -0.1) is 0 Å². The van der Waals surface area contributed by atoms with Crippen LogP contribution in [0.1, 0.15) is 65.2 Å². The fraction of sp³-hybridized carbons (Fsp3) is 1.00. The summed E-state index contributed by atoms with van der Waals surface area (Å²) in [6.45, 7) is 7.31. The molecule has 0 radical (unpaired) electrons. The molecule has 0 aromatic rings. The fourth-order valence-corrected chi connectivity index (χ4v) is 5.30. The molecule has 1 heterocycles. The van der Waals surface area contributed by atoms with Crippen molar-refractivity contribution in [1.82, 2.24) is 10.2 Å². The highest BCUT2D eigenvalue weighted by molar-refractivity contribution is 5.01. The van der Waals surface area contributed by atoms with Gasteiger partial charge in [-0.2, -0.15) is 0 Å². The molecule has 3 heteroatoms. The van der Waals surface area contributed by atoms with Gasteiger partial charge >= 0.3 is 0 Å². The standard InChI is InChI=1S/C18H34N2O/c1-14(2)19-18(13-21)9-7-17(11-18)20-10-8-15-5-3-4-6-16(15)12-20/h14-17,19,21H,3-13H2,1-2H3. The molecule has 2 aliphatic carbocycles. The van der Waals surface area contributed by atoms with Crippen LogP contribution in [0.25, 0.3) is 0 Å². The van der Waals surface area contributed by atoms with Crippen LogP contribution in [0.4, 0.5) is 0 Å². The number of nitrogens with zero attached hydrogens (tertiary/aromatic N) is 1. The molecule has 4 unspecified atom stereocenters. The van der Waals surface area contributed by atoms with E-state index in [2.05, 4.69) is 24.1 Å². The van der Waals surface area contributed by atoms with E-state index in [1.807, 2.05) is 0 Å². The van der Waals surface area contributed by atoms with E-state index in [0.717, 1.165) is 24.7 Å². The van der Waals surface area contributed by atoms with Crippen LogP contribution in [-0.2, 0) is 0 Å². The fourth-order valence-electron chi connectivity index (χ4n) is 5.30. The van der Waals surface area contributed by atoms with Gasteiger partial charge in [0.05, 0.1) is 6.61 Å². The van der Waals surface area contributed by atoms with Gasteiger partial charge in [0, 0.05) is 24.2 Å². The van der Waals surface area contributed by atoms with Crippen molar-refractivity contribution in [2.45, 2.75) is 82.8 Å². The number of aliphatic hydroxyl groups excluding tert-OH is 1. The summed E-state index contributed by atoms with van der Waals surface area (Å²) < 4.78 is 0. The van der Waals surface area contributed by atoms with Crippen LogP contribution in [0.15, 0.2) is 0 Å². The third-order valence-corrected chi connectivity index (χ3v) is 6.32. The number of nitrogens with one attached hydrogen (secondary N) is 1. The molecule has 0 bridgehead atoms. The summed E-state index contributed by atoms with van der Waals surface area (Å²) >= 11 is 0. The SMILES string of the molecule is CC(C)NC1(CO)CCC(N2CCC3CCCCC3C2)C1. The molecule has 4 atom stereocenters. The van der Waals surface area contributed by atoms with Crippen molar-refractivity contribution < 1.29 is 5.11 Å². The number of aliphatic hydroxyl groups is 1. The molecule has 0 spiro atoms. The van der Waals surface area contributed by atoms with Crippen LogP contribution in [0.3, 0.4) is 0 Å². The lowest BCUT2D eigenvalue weighted by molar-refractivity contribution is 0.0525. The van der Waals surface area contributed by atoms with E-state index >= 15 is 0 Å². The summed E-state index contributed by atoms with van der Waals surface area (Å²) in [6, 6.07) is 1.16. The minimum atomic E-state index is -0.0117. The summed E-state index contributed by atoms with van der Waals surface area (Å²) in [5, 5.41) is 13.5. The highest BCUT2D eigenvalue weighted by Crippen LogP contribution is 2.40. The molecule has 122 valence electrons. The van der Waals surface area contributed by atoms with Crippen molar-refractivity contribution in [2.75, 3.05) is 19.7 Å². The molecular formula is C18H34N2O. The van der Waals surface area contributed by atoms with E-state index < -0.39 is 0 Å². The molecule has 1 saturated heterocycles. The zero-order valence-electron chi connectivity index (χ0n) is 14.0. The Labute approximate surface area is 130 Å². The molecule has 1 aliphatic heterocycles. The predicted molar refractivity (Wildman–Crippen MR) is 87.4 cm³/mol. The number of hydrogen-bond donors (Lipinski definition) is 2. The largest absolute Gasteiger partial charge is 0.394 e. The quantitative estimate of drug-likeness (QED) is 0.837. The maximum absolute atomic E-state index is 9.89. The molecule has 3 aliphatic rings. The van der Waals surface area contributed by atoms with Crippen LogP contribution < -0.4 is 5.32 Å². The van der Waals surface area contributed by atoms with E-state index in [4.69, 9.17) is 0 Å². The van der Waals surface area contributed by atoms with Gasteiger partial charge in [0.25, 0.3) is 0 Å². The molecular weight excluding hydrogens is 260 g/mol. The van der Waals surface area contributed by atoms with Gasteiger partial charge in [-0.1, -0.05) is 33.1 Å². The summed E-state index contributed by atoms with van der Waals surface area (Å²) in [6.07, 6.45) is 10.8. The summed E-state index contributed by atoms with van der Waals surface area (Å²) in [5.41, 5.74) is -0.0117. The topological polar surface area (TPSA) is 35.5 Å². The van der Waals surface area contributed by atoms with Crippen molar-refractivity contribution in [3.63, 3.8) is 0 Å². The van der Waals surface area contributed by atoms with Crippen LogP contribution >= 0.6 is 0 Å². The van der Waals surface area contributed by atoms with Gasteiger partial charge in [0.2, 0.25) is 0 Å². The minimum absolute atomic E-state index is 0.0117. The third-order valence-electron chi connectivity index (χ3n) is 6.32. The van der Waals surface area contributed by atoms with Gasteiger partial charge in [0.1, 0.15) is 0 Å². The molecule has 0 aromatic heterocycles. The molecule has 0 amide bonds. The van der Waals surface area contributed by atoms with E-state index in [9.17, 15) is 5.11 Å². The molecule has 3 fully saturated rings. The Morgan fingerprint density at radius 1 is 1.14 bits per heavy atom. The first-order valence-corrected chi connectivity index (χ1v) is 9.24. The van der Waals surface area contributed by atoms with Crippen LogP contribution in [0.2, 0.25) is 0 Å². The van der Waals surface area contributed by atoms with E-state index in [-0.39, 0.29) is 5.54 Å². The zero-order valence-corrected chi connectivity index (χ0v) is 14.0. The average Bonchev–Trinajstić information content (AvgIpc) is 2.91. The van der Waals surface area contributed by atoms with Gasteiger partial charge in [-0.3, -0.25) is 0 Å². The van der Waals surface area contributed by atoms with Crippen molar-refractivity contribution >= 4 is 0 Å². The molecule has 2 N–H and O–H groups in total. The predicted octanol–water partition coefficient (Wildman–Crippen LogP) is 2.78. The second-order valence-electron chi connectivity index (χ2n) is 8.22. The maximum Gasteiger partial charge on any atom is 0.0614 e.